The van der Waals surface area contributed by atoms with Gasteiger partial charge in [-0.15, -0.1) is 12.3 Å². The van der Waals surface area contributed by atoms with E-state index in [0.717, 1.165) is 25.7 Å². The van der Waals surface area contributed by atoms with E-state index >= 15 is 0 Å². The van der Waals surface area contributed by atoms with Crippen LogP contribution in [0.5, 0.6) is 0 Å². The van der Waals surface area contributed by atoms with E-state index in [4.69, 9.17) is 15.9 Å². The van der Waals surface area contributed by atoms with Crippen LogP contribution in [-0.2, 0) is 23.9 Å². The van der Waals surface area contributed by atoms with Crippen molar-refractivity contribution in [1.82, 2.24) is 10.2 Å². The van der Waals surface area contributed by atoms with Crippen LogP contribution >= 0.6 is 0 Å². The monoisotopic (exact) mass is 536 g/mol. The Labute approximate surface area is 233 Å². The van der Waals surface area contributed by atoms with Crippen LogP contribution in [0.15, 0.2) is 0 Å². The molecule has 0 aromatic rings. The maximum Gasteiger partial charge on any atom is 0.320 e. The molecular formula is C31H56N2O5. The number of hydrogen-bond donors (Lipinski definition) is 1. The van der Waals surface area contributed by atoms with E-state index in [-0.39, 0.29) is 30.9 Å². The summed E-state index contributed by atoms with van der Waals surface area (Å²) < 4.78 is 10.8. The van der Waals surface area contributed by atoms with Crippen molar-refractivity contribution in [3.8, 4) is 12.3 Å². The van der Waals surface area contributed by atoms with Crippen LogP contribution in [0.2, 0.25) is 0 Å². The normalized spacial score (nSPS) is 11.7. The van der Waals surface area contributed by atoms with Crippen LogP contribution < -0.4 is 5.32 Å². The average Bonchev–Trinajstić information content (AvgIpc) is 2.77. The van der Waals surface area contributed by atoms with Gasteiger partial charge < -0.3 is 14.8 Å². The van der Waals surface area contributed by atoms with Crippen LogP contribution in [0.1, 0.15) is 131 Å². The number of ether oxygens (including phenoxy) is 2. The summed E-state index contributed by atoms with van der Waals surface area (Å²) in [7, 11) is 0. The number of nitrogens with zero attached hydrogens (tertiary/aromatic N) is 1. The van der Waals surface area contributed by atoms with Crippen LogP contribution in [0, 0.1) is 12.3 Å². The number of carbonyl (C=O) groups excluding carboxylic acids is 3. The third kappa shape index (κ3) is 25.6. The van der Waals surface area contributed by atoms with Crippen LogP contribution in [0.3, 0.4) is 0 Å². The first kappa shape index (κ1) is 35.9. The molecule has 0 aromatic carbocycles. The van der Waals surface area contributed by atoms with E-state index in [2.05, 4.69) is 11.2 Å². The number of terminal acetylenes is 1. The molecule has 220 valence electrons. The second-order valence-corrected chi connectivity index (χ2v) is 12.2. The van der Waals surface area contributed by atoms with E-state index in [1.165, 1.54) is 51.4 Å². The van der Waals surface area contributed by atoms with E-state index < -0.39 is 11.2 Å². The topological polar surface area (TPSA) is 84.9 Å². The quantitative estimate of drug-likeness (QED) is 0.107. The predicted octanol–water partition coefficient (Wildman–Crippen LogP) is 6.18. The number of esters is 2. The standard InChI is InChI=1S/C31H56N2O5/c1-8-9-10-11-12-13-14-15-16-17-18-19-20-22-27(34)32-23-21-24-33(25-28(35)37-30(2,3)4)26-29(36)38-31(5,6)7/h1H,9-26H2,2-7H3,(H,32,34). The second-order valence-electron chi connectivity index (χ2n) is 12.2. The van der Waals surface area contributed by atoms with Gasteiger partial charge in [0.25, 0.3) is 0 Å². The summed E-state index contributed by atoms with van der Waals surface area (Å²) in [4.78, 5) is 38.5. The van der Waals surface area contributed by atoms with Crippen molar-refractivity contribution in [1.29, 1.82) is 0 Å². The van der Waals surface area contributed by atoms with Gasteiger partial charge in [0, 0.05) is 25.9 Å². The Morgan fingerprint density at radius 3 is 1.53 bits per heavy atom. The molecule has 0 heterocycles. The molecule has 0 radical (unpaired) electrons. The third-order valence-electron chi connectivity index (χ3n) is 5.74. The highest BCUT2D eigenvalue weighted by Crippen LogP contribution is 2.13. The van der Waals surface area contributed by atoms with Crippen molar-refractivity contribution < 1.29 is 23.9 Å². The minimum absolute atomic E-state index is 0.00301. The van der Waals surface area contributed by atoms with E-state index in [1.54, 1.807) is 4.90 Å². The van der Waals surface area contributed by atoms with Gasteiger partial charge in [0.15, 0.2) is 0 Å². The van der Waals surface area contributed by atoms with Gasteiger partial charge in [0.1, 0.15) is 11.2 Å². The van der Waals surface area contributed by atoms with E-state index in [1.807, 2.05) is 41.5 Å². The molecule has 1 amide bonds. The lowest BCUT2D eigenvalue weighted by Gasteiger charge is -2.26. The molecular weight excluding hydrogens is 480 g/mol. The van der Waals surface area contributed by atoms with Gasteiger partial charge in [-0.3, -0.25) is 19.3 Å². The lowest BCUT2D eigenvalue weighted by atomic mass is 10.0. The Morgan fingerprint density at radius 1 is 0.684 bits per heavy atom. The lowest BCUT2D eigenvalue weighted by molar-refractivity contribution is -0.160. The van der Waals surface area contributed by atoms with Crippen molar-refractivity contribution in [2.45, 2.75) is 143 Å². The molecule has 0 fully saturated rings. The van der Waals surface area contributed by atoms with Crippen molar-refractivity contribution in [2.24, 2.45) is 0 Å². The Balaban J connectivity index is 4.04. The molecule has 0 aliphatic heterocycles. The highest BCUT2D eigenvalue weighted by Gasteiger charge is 2.23. The average molecular weight is 537 g/mol. The molecule has 7 nitrogen and oxygen atoms in total. The predicted molar refractivity (Wildman–Crippen MR) is 155 cm³/mol. The highest BCUT2D eigenvalue weighted by atomic mass is 16.6. The second kappa shape index (κ2) is 20.8. The zero-order valence-corrected chi connectivity index (χ0v) is 25.3. The maximum atomic E-state index is 12.3. The first-order chi connectivity index (χ1) is 17.8. The molecule has 0 saturated heterocycles. The molecule has 0 saturated carbocycles. The van der Waals surface area contributed by atoms with Crippen LogP contribution in [0.25, 0.3) is 0 Å². The van der Waals surface area contributed by atoms with Gasteiger partial charge in [0.05, 0.1) is 13.1 Å². The molecule has 7 heteroatoms. The SMILES string of the molecule is C#CCCCCCCCCCCCCCC(=O)NCCCN(CC(=O)OC(C)(C)C)CC(=O)OC(C)(C)C. The number of nitrogens with one attached hydrogen (secondary N) is 1. The number of rotatable bonds is 21. The molecule has 0 spiro atoms. The highest BCUT2D eigenvalue weighted by molar-refractivity contribution is 5.76. The fourth-order valence-electron chi connectivity index (χ4n) is 4.05. The first-order valence-electron chi connectivity index (χ1n) is 14.7. The van der Waals surface area contributed by atoms with Crippen molar-refractivity contribution >= 4 is 17.8 Å². The summed E-state index contributed by atoms with van der Waals surface area (Å²) in [6.45, 7) is 11.8. The zero-order valence-electron chi connectivity index (χ0n) is 25.3. The summed E-state index contributed by atoms with van der Waals surface area (Å²) in [6.07, 6.45) is 20.7. The molecule has 0 rings (SSSR count). The largest absolute Gasteiger partial charge is 0.459 e. The summed E-state index contributed by atoms with van der Waals surface area (Å²) in [5.41, 5.74) is -1.18. The lowest BCUT2D eigenvalue weighted by Crippen LogP contribution is -2.41. The minimum Gasteiger partial charge on any atom is -0.459 e. The van der Waals surface area contributed by atoms with Gasteiger partial charge in [-0.2, -0.15) is 0 Å². The van der Waals surface area contributed by atoms with Gasteiger partial charge in [-0.1, -0.05) is 57.8 Å². The molecule has 0 aliphatic carbocycles. The van der Waals surface area contributed by atoms with E-state index in [9.17, 15) is 14.4 Å². The number of hydrogen-bond acceptors (Lipinski definition) is 6. The molecule has 0 unspecified atom stereocenters. The fourth-order valence-corrected chi connectivity index (χ4v) is 4.05. The number of unbranched alkanes of at least 4 members (excludes halogenated alkanes) is 11. The van der Waals surface area contributed by atoms with Crippen molar-refractivity contribution in [3.63, 3.8) is 0 Å². The van der Waals surface area contributed by atoms with Gasteiger partial charge in [-0.05, 0) is 60.8 Å². The fraction of sp³-hybridized carbons (Fsp3) is 0.839. The minimum atomic E-state index is -0.592. The Morgan fingerprint density at radius 2 is 1.11 bits per heavy atom. The molecule has 0 aliphatic rings. The summed E-state index contributed by atoms with van der Waals surface area (Å²) in [6, 6.07) is 0. The third-order valence-corrected chi connectivity index (χ3v) is 5.74. The molecule has 38 heavy (non-hydrogen) atoms. The summed E-state index contributed by atoms with van der Waals surface area (Å²) >= 11 is 0. The first-order valence-corrected chi connectivity index (χ1v) is 14.7. The molecule has 1 N–H and O–H groups in total. The van der Waals surface area contributed by atoms with Crippen LogP contribution in [0.4, 0.5) is 0 Å². The smallest absolute Gasteiger partial charge is 0.320 e. The molecule has 0 atom stereocenters. The Hall–Kier alpha value is -2.07. The summed E-state index contributed by atoms with van der Waals surface area (Å²) in [5.74, 6) is 1.97. The number of amides is 1. The maximum absolute atomic E-state index is 12.3. The Kier molecular flexibility index (Phi) is 19.7. The molecule has 0 aromatic heterocycles. The molecule has 0 bridgehead atoms. The van der Waals surface area contributed by atoms with Gasteiger partial charge >= 0.3 is 11.9 Å². The zero-order chi connectivity index (χ0) is 28.9. The van der Waals surface area contributed by atoms with Gasteiger partial charge in [-0.25, -0.2) is 0 Å². The van der Waals surface area contributed by atoms with Crippen molar-refractivity contribution in [2.75, 3.05) is 26.2 Å². The van der Waals surface area contributed by atoms with Crippen LogP contribution in [-0.4, -0.2) is 60.1 Å². The van der Waals surface area contributed by atoms with Crippen molar-refractivity contribution in [3.05, 3.63) is 0 Å². The van der Waals surface area contributed by atoms with Gasteiger partial charge in [0.2, 0.25) is 5.91 Å². The summed E-state index contributed by atoms with van der Waals surface area (Å²) in [5, 5.41) is 2.96. The number of carbonyl (C=O) groups is 3. The van der Waals surface area contributed by atoms with E-state index in [0.29, 0.717) is 25.9 Å². The Bertz CT molecular complexity index is 671.